The number of benzene rings is 2. The van der Waals surface area contributed by atoms with Gasteiger partial charge in [0, 0.05) is 12.6 Å². The Balaban J connectivity index is 1.72. The van der Waals surface area contributed by atoms with Gasteiger partial charge in [0.1, 0.15) is 11.8 Å². The predicted octanol–water partition coefficient (Wildman–Crippen LogP) is 3.95. The van der Waals surface area contributed by atoms with Gasteiger partial charge < -0.3 is 24.4 Å². The highest BCUT2D eigenvalue weighted by Gasteiger charge is 2.28. The van der Waals surface area contributed by atoms with E-state index >= 15 is 0 Å². The lowest BCUT2D eigenvalue weighted by Gasteiger charge is -2.31. The summed E-state index contributed by atoms with van der Waals surface area (Å²) in [5.41, 5.74) is 0.902. The quantitative estimate of drug-likeness (QED) is 0.588. The summed E-state index contributed by atoms with van der Waals surface area (Å²) in [6.45, 7) is 1.86. The third kappa shape index (κ3) is 6.88. The van der Waals surface area contributed by atoms with E-state index in [9.17, 15) is 9.59 Å². The first kappa shape index (κ1) is 24.4. The lowest BCUT2D eigenvalue weighted by molar-refractivity contribution is -0.142. The first-order valence-electron chi connectivity index (χ1n) is 11.5. The second-order valence-corrected chi connectivity index (χ2v) is 8.33. The Hall–Kier alpha value is -3.22. The van der Waals surface area contributed by atoms with Crippen molar-refractivity contribution in [3.8, 4) is 17.2 Å². The van der Waals surface area contributed by atoms with Gasteiger partial charge >= 0.3 is 0 Å². The van der Waals surface area contributed by atoms with Crippen LogP contribution >= 0.6 is 0 Å². The van der Waals surface area contributed by atoms with Crippen molar-refractivity contribution in [3.63, 3.8) is 0 Å². The number of methoxy groups -OCH3 is 2. The molecular weight excluding hydrogens is 420 g/mol. The van der Waals surface area contributed by atoms with Crippen LogP contribution in [0.3, 0.4) is 0 Å². The highest BCUT2D eigenvalue weighted by atomic mass is 16.5. The molecule has 0 aliphatic heterocycles. The standard InChI is InChI=1S/C26H34N2O5/c1-19(26(30)27-21-9-5-4-6-10-21)28(17-20-13-15-22(31-2)16-14-20)25(29)18-33-24-12-8-7-11-23(24)32-3/h7-8,11-16,19,21H,4-6,9-10,17-18H2,1-3H3,(H,27,30)/t19-/m1/s1. The van der Waals surface area contributed by atoms with Crippen LogP contribution in [0, 0.1) is 0 Å². The van der Waals surface area contributed by atoms with Gasteiger partial charge in [-0.1, -0.05) is 43.5 Å². The molecule has 0 spiro atoms. The SMILES string of the molecule is COc1ccc(CN(C(=O)COc2ccccc2OC)[C@H](C)C(=O)NC2CCCCC2)cc1. The van der Waals surface area contributed by atoms with Gasteiger partial charge in [0.25, 0.3) is 5.91 Å². The van der Waals surface area contributed by atoms with E-state index in [0.29, 0.717) is 11.5 Å². The van der Waals surface area contributed by atoms with Crippen LogP contribution in [0.2, 0.25) is 0 Å². The molecule has 0 aromatic heterocycles. The van der Waals surface area contributed by atoms with Crippen LogP contribution in [0.25, 0.3) is 0 Å². The summed E-state index contributed by atoms with van der Waals surface area (Å²) < 4.78 is 16.3. The van der Waals surface area contributed by atoms with Crippen molar-refractivity contribution < 1.29 is 23.8 Å². The van der Waals surface area contributed by atoms with E-state index in [4.69, 9.17) is 14.2 Å². The number of hydrogen-bond donors (Lipinski definition) is 1. The zero-order valence-corrected chi connectivity index (χ0v) is 19.7. The molecule has 2 amide bonds. The predicted molar refractivity (Wildman–Crippen MR) is 127 cm³/mol. The molecule has 2 aromatic carbocycles. The molecule has 0 radical (unpaired) electrons. The topological polar surface area (TPSA) is 77.1 Å². The van der Waals surface area contributed by atoms with Crippen molar-refractivity contribution in [1.29, 1.82) is 0 Å². The Kier molecular flexibility index (Phi) is 8.98. The maximum Gasteiger partial charge on any atom is 0.261 e. The van der Waals surface area contributed by atoms with Crippen LogP contribution in [0.1, 0.15) is 44.6 Å². The molecule has 2 aromatic rings. The molecule has 1 atom stereocenters. The molecule has 1 saturated carbocycles. The second kappa shape index (κ2) is 12.1. The smallest absolute Gasteiger partial charge is 0.261 e. The van der Waals surface area contributed by atoms with Crippen LogP contribution in [0.4, 0.5) is 0 Å². The van der Waals surface area contributed by atoms with Crippen LogP contribution in [-0.2, 0) is 16.1 Å². The summed E-state index contributed by atoms with van der Waals surface area (Å²) in [7, 11) is 3.16. The Morgan fingerprint density at radius 1 is 0.970 bits per heavy atom. The Morgan fingerprint density at radius 2 is 1.64 bits per heavy atom. The largest absolute Gasteiger partial charge is 0.497 e. The molecule has 0 bridgehead atoms. The van der Waals surface area contributed by atoms with Crippen molar-refractivity contribution >= 4 is 11.8 Å². The molecule has 1 fully saturated rings. The number of carbonyl (C=O) groups is 2. The van der Waals surface area contributed by atoms with E-state index in [1.54, 1.807) is 38.2 Å². The monoisotopic (exact) mass is 454 g/mol. The molecule has 3 rings (SSSR count). The molecule has 0 heterocycles. The molecule has 7 heteroatoms. The second-order valence-electron chi connectivity index (χ2n) is 8.33. The molecule has 1 N–H and O–H groups in total. The van der Waals surface area contributed by atoms with Crippen LogP contribution in [0.15, 0.2) is 48.5 Å². The van der Waals surface area contributed by atoms with Crippen molar-refractivity contribution in [3.05, 3.63) is 54.1 Å². The van der Waals surface area contributed by atoms with Crippen molar-refractivity contribution in [2.75, 3.05) is 20.8 Å². The molecule has 0 saturated heterocycles. The third-order valence-corrected chi connectivity index (χ3v) is 6.05. The van der Waals surface area contributed by atoms with Crippen molar-refractivity contribution in [2.24, 2.45) is 0 Å². The average Bonchev–Trinajstić information content (AvgIpc) is 2.86. The average molecular weight is 455 g/mol. The summed E-state index contributed by atoms with van der Waals surface area (Å²) >= 11 is 0. The molecule has 1 aliphatic carbocycles. The Labute approximate surface area is 196 Å². The summed E-state index contributed by atoms with van der Waals surface area (Å²) in [6, 6.07) is 14.2. The van der Waals surface area contributed by atoms with E-state index in [1.807, 2.05) is 36.4 Å². The molecule has 1 aliphatic rings. The minimum atomic E-state index is -0.636. The van der Waals surface area contributed by atoms with E-state index in [2.05, 4.69) is 5.32 Å². The zero-order valence-electron chi connectivity index (χ0n) is 19.7. The van der Waals surface area contributed by atoms with E-state index in [-0.39, 0.29) is 31.0 Å². The number of ether oxygens (including phenoxy) is 3. The highest BCUT2D eigenvalue weighted by Crippen LogP contribution is 2.26. The van der Waals surface area contributed by atoms with Crippen LogP contribution in [-0.4, -0.2) is 49.6 Å². The minimum Gasteiger partial charge on any atom is -0.497 e. The number of nitrogens with zero attached hydrogens (tertiary/aromatic N) is 1. The van der Waals surface area contributed by atoms with Gasteiger partial charge in [-0.25, -0.2) is 0 Å². The molecule has 7 nitrogen and oxygen atoms in total. The molecule has 178 valence electrons. The molecular formula is C26H34N2O5. The lowest BCUT2D eigenvalue weighted by Crippen LogP contribution is -2.51. The fraction of sp³-hybridized carbons (Fsp3) is 0.462. The lowest BCUT2D eigenvalue weighted by atomic mass is 9.95. The maximum absolute atomic E-state index is 13.2. The van der Waals surface area contributed by atoms with E-state index < -0.39 is 6.04 Å². The zero-order chi connectivity index (χ0) is 23.6. The highest BCUT2D eigenvalue weighted by molar-refractivity contribution is 5.88. The normalized spacial score (nSPS) is 14.8. The number of carbonyl (C=O) groups excluding carboxylic acids is 2. The summed E-state index contributed by atoms with van der Waals surface area (Å²) in [4.78, 5) is 27.8. The van der Waals surface area contributed by atoms with Crippen LogP contribution < -0.4 is 19.5 Å². The number of amides is 2. The Morgan fingerprint density at radius 3 is 2.27 bits per heavy atom. The number of nitrogens with one attached hydrogen (secondary N) is 1. The fourth-order valence-corrected chi connectivity index (χ4v) is 4.04. The van der Waals surface area contributed by atoms with Gasteiger partial charge in [0.2, 0.25) is 5.91 Å². The van der Waals surface area contributed by atoms with Gasteiger partial charge in [0.15, 0.2) is 18.1 Å². The number of para-hydroxylation sites is 2. The van der Waals surface area contributed by atoms with Crippen LogP contribution in [0.5, 0.6) is 17.2 Å². The molecule has 0 unspecified atom stereocenters. The van der Waals surface area contributed by atoms with Gasteiger partial charge in [-0.05, 0) is 49.6 Å². The first-order valence-corrected chi connectivity index (χ1v) is 11.5. The van der Waals surface area contributed by atoms with E-state index in [0.717, 1.165) is 37.0 Å². The van der Waals surface area contributed by atoms with Crippen molar-refractivity contribution in [2.45, 2.75) is 57.7 Å². The van der Waals surface area contributed by atoms with Gasteiger partial charge in [0.05, 0.1) is 14.2 Å². The van der Waals surface area contributed by atoms with E-state index in [1.165, 1.54) is 6.42 Å². The minimum absolute atomic E-state index is 0.138. The van der Waals surface area contributed by atoms with Gasteiger partial charge in [-0.2, -0.15) is 0 Å². The van der Waals surface area contributed by atoms with Gasteiger partial charge in [-0.3, -0.25) is 9.59 Å². The summed E-state index contributed by atoms with van der Waals surface area (Å²) in [5.74, 6) is 1.36. The molecule has 33 heavy (non-hydrogen) atoms. The third-order valence-electron chi connectivity index (χ3n) is 6.05. The fourth-order valence-electron chi connectivity index (χ4n) is 4.04. The maximum atomic E-state index is 13.2. The van der Waals surface area contributed by atoms with Gasteiger partial charge in [-0.15, -0.1) is 0 Å². The summed E-state index contributed by atoms with van der Waals surface area (Å²) in [5, 5.41) is 3.14. The first-order chi connectivity index (χ1) is 16.0. The Bertz CT molecular complexity index is 909. The van der Waals surface area contributed by atoms with Crippen molar-refractivity contribution in [1.82, 2.24) is 10.2 Å². The number of hydrogen-bond acceptors (Lipinski definition) is 5. The summed E-state index contributed by atoms with van der Waals surface area (Å²) in [6.07, 6.45) is 5.44. The number of rotatable bonds is 10.